The lowest BCUT2D eigenvalue weighted by molar-refractivity contribution is 0.299. The van der Waals surface area contributed by atoms with Gasteiger partial charge in [0.25, 0.3) is 0 Å². The van der Waals surface area contributed by atoms with Gasteiger partial charge in [-0.2, -0.15) is 0 Å². The van der Waals surface area contributed by atoms with Gasteiger partial charge in [-0.1, -0.05) is 12.1 Å². The quantitative estimate of drug-likeness (QED) is 0.752. The Morgan fingerprint density at radius 2 is 1.89 bits per heavy atom. The van der Waals surface area contributed by atoms with E-state index in [4.69, 9.17) is 16.3 Å². The molecule has 0 aromatic heterocycles. The maximum atomic E-state index is 13.4. The van der Waals surface area contributed by atoms with Crippen LogP contribution in [0.2, 0.25) is 0 Å². The molecular formula is C14H11ClF2O. The third kappa shape index (κ3) is 3.20. The van der Waals surface area contributed by atoms with Crippen molar-refractivity contribution in [3.8, 4) is 5.75 Å². The van der Waals surface area contributed by atoms with E-state index in [0.29, 0.717) is 11.6 Å². The lowest BCUT2D eigenvalue weighted by Crippen LogP contribution is -1.99. The largest absolute Gasteiger partial charge is 0.489 e. The number of alkyl halides is 1. The molecule has 0 aliphatic rings. The van der Waals surface area contributed by atoms with E-state index >= 15 is 0 Å². The molecule has 2 aromatic carbocycles. The zero-order chi connectivity index (χ0) is 13.0. The molecule has 0 heterocycles. The SMILES string of the molecule is Fc1ccc(F)c(COc2cccc(CCl)c2)c1. The van der Waals surface area contributed by atoms with E-state index in [0.717, 1.165) is 23.8 Å². The number of benzene rings is 2. The fourth-order valence-electron chi connectivity index (χ4n) is 1.53. The Hall–Kier alpha value is -1.61. The van der Waals surface area contributed by atoms with Crippen LogP contribution in [0, 0.1) is 11.6 Å². The minimum absolute atomic E-state index is 0.0185. The predicted octanol–water partition coefficient (Wildman–Crippen LogP) is 4.28. The fourth-order valence-corrected chi connectivity index (χ4v) is 1.70. The molecule has 4 heteroatoms. The molecule has 0 unspecified atom stereocenters. The Labute approximate surface area is 109 Å². The molecule has 2 rings (SSSR count). The molecule has 0 atom stereocenters. The number of hydrogen-bond donors (Lipinski definition) is 0. The van der Waals surface area contributed by atoms with Crippen molar-refractivity contribution in [1.29, 1.82) is 0 Å². The Balaban J connectivity index is 2.08. The van der Waals surface area contributed by atoms with E-state index in [1.807, 2.05) is 6.07 Å². The summed E-state index contributed by atoms with van der Waals surface area (Å²) in [4.78, 5) is 0. The second-order valence-corrected chi connectivity index (χ2v) is 4.07. The van der Waals surface area contributed by atoms with Crippen LogP contribution in [0.3, 0.4) is 0 Å². The highest BCUT2D eigenvalue weighted by molar-refractivity contribution is 6.17. The summed E-state index contributed by atoms with van der Waals surface area (Å²) in [5.41, 5.74) is 1.10. The van der Waals surface area contributed by atoms with Crippen molar-refractivity contribution in [3.05, 3.63) is 65.2 Å². The first-order valence-electron chi connectivity index (χ1n) is 5.40. The molecule has 0 fully saturated rings. The minimum atomic E-state index is -0.482. The van der Waals surface area contributed by atoms with Crippen molar-refractivity contribution in [2.45, 2.75) is 12.5 Å². The highest BCUT2D eigenvalue weighted by atomic mass is 35.5. The van der Waals surface area contributed by atoms with Crippen molar-refractivity contribution in [3.63, 3.8) is 0 Å². The highest BCUT2D eigenvalue weighted by Gasteiger charge is 2.05. The van der Waals surface area contributed by atoms with Crippen LogP contribution in [-0.2, 0) is 12.5 Å². The third-order valence-electron chi connectivity index (χ3n) is 2.45. The Bertz CT molecular complexity index is 543. The summed E-state index contributed by atoms with van der Waals surface area (Å²) < 4.78 is 31.7. The zero-order valence-electron chi connectivity index (χ0n) is 9.50. The van der Waals surface area contributed by atoms with Gasteiger partial charge in [-0.25, -0.2) is 8.78 Å². The molecule has 0 N–H and O–H groups in total. The molecule has 0 saturated carbocycles. The van der Waals surface area contributed by atoms with Gasteiger partial charge in [-0.05, 0) is 35.9 Å². The molecule has 0 spiro atoms. The van der Waals surface area contributed by atoms with E-state index in [1.165, 1.54) is 0 Å². The summed E-state index contributed by atoms with van der Waals surface area (Å²) >= 11 is 5.70. The first-order valence-corrected chi connectivity index (χ1v) is 5.94. The van der Waals surface area contributed by atoms with E-state index < -0.39 is 11.6 Å². The molecule has 0 aliphatic heterocycles. The van der Waals surface area contributed by atoms with Gasteiger partial charge < -0.3 is 4.74 Å². The van der Waals surface area contributed by atoms with Crippen LogP contribution in [0.15, 0.2) is 42.5 Å². The highest BCUT2D eigenvalue weighted by Crippen LogP contribution is 2.18. The first-order chi connectivity index (χ1) is 8.69. The van der Waals surface area contributed by atoms with Crippen LogP contribution in [-0.4, -0.2) is 0 Å². The van der Waals surface area contributed by atoms with Gasteiger partial charge in [0.05, 0.1) is 0 Å². The van der Waals surface area contributed by atoms with Crippen LogP contribution in [0.25, 0.3) is 0 Å². The monoisotopic (exact) mass is 268 g/mol. The van der Waals surface area contributed by atoms with Gasteiger partial charge >= 0.3 is 0 Å². The summed E-state index contributed by atoms with van der Waals surface area (Å²) in [6.07, 6.45) is 0. The molecule has 0 radical (unpaired) electrons. The summed E-state index contributed by atoms with van der Waals surface area (Å²) in [5, 5.41) is 0. The maximum Gasteiger partial charge on any atom is 0.130 e. The van der Waals surface area contributed by atoms with Gasteiger partial charge in [-0.15, -0.1) is 11.6 Å². The lowest BCUT2D eigenvalue weighted by atomic mass is 10.2. The van der Waals surface area contributed by atoms with Crippen LogP contribution in [0.4, 0.5) is 8.78 Å². The number of rotatable bonds is 4. The van der Waals surface area contributed by atoms with Crippen LogP contribution < -0.4 is 4.74 Å². The zero-order valence-corrected chi connectivity index (χ0v) is 10.3. The van der Waals surface area contributed by atoms with Gasteiger partial charge in [-0.3, -0.25) is 0 Å². The van der Waals surface area contributed by atoms with Crippen LogP contribution in [0.1, 0.15) is 11.1 Å². The fraction of sp³-hybridized carbons (Fsp3) is 0.143. The Morgan fingerprint density at radius 1 is 1.06 bits per heavy atom. The van der Waals surface area contributed by atoms with Crippen molar-refractivity contribution in [1.82, 2.24) is 0 Å². The van der Waals surface area contributed by atoms with Crippen LogP contribution >= 0.6 is 11.6 Å². The average molecular weight is 269 g/mol. The standard InChI is InChI=1S/C14H11ClF2O/c15-8-10-2-1-3-13(6-10)18-9-11-7-12(16)4-5-14(11)17/h1-7H,8-9H2. The Kier molecular flexibility index (Phi) is 4.15. The average Bonchev–Trinajstić information content (AvgIpc) is 2.40. The van der Waals surface area contributed by atoms with Gasteiger partial charge in [0.2, 0.25) is 0 Å². The smallest absolute Gasteiger partial charge is 0.130 e. The van der Waals surface area contributed by atoms with Gasteiger partial charge in [0.15, 0.2) is 0 Å². The normalized spacial score (nSPS) is 10.4. The molecular weight excluding hydrogens is 258 g/mol. The van der Waals surface area contributed by atoms with Gasteiger partial charge in [0, 0.05) is 11.4 Å². The number of ether oxygens (including phenoxy) is 1. The molecule has 94 valence electrons. The van der Waals surface area contributed by atoms with E-state index in [9.17, 15) is 8.78 Å². The Morgan fingerprint density at radius 3 is 2.67 bits per heavy atom. The van der Waals surface area contributed by atoms with Crippen molar-refractivity contribution in [2.24, 2.45) is 0 Å². The molecule has 1 nitrogen and oxygen atoms in total. The lowest BCUT2D eigenvalue weighted by Gasteiger charge is -2.08. The summed E-state index contributed by atoms with van der Waals surface area (Å²) in [7, 11) is 0. The minimum Gasteiger partial charge on any atom is -0.489 e. The second-order valence-electron chi connectivity index (χ2n) is 3.81. The van der Waals surface area contributed by atoms with E-state index in [1.54, 1.807) is 18.2 Å². The maximum absolute atomic E-state index is 13.4. The molecule has 2 aromatic rings. The molecule has 0 aliphatic carbocycles. The van der Waals surface area contributed by atoms with E-state index in [-0.39, 0.29) is 12.2 Å². The number of hydrogen-bond acceptors (Lipinski definition) is 1. The van der Waals surface area contributed by atoms with E-state index in [2.05, 4.69) is 0 Å². The summed E-state index contributed by atoms with van der Waals surface area (Å²) in [6, 6.07) is 10.5. The predicted molar refractivity (Wildman–Crippen MR) is 66.7 cm³/mol. The second kappa shape index (κ2) is 5.83. The topological polar surface area (TPSA) is 9.23 Å². The number of halogens is 3. The van der Waals surface area contributed by atoms with Crippen molar-refractivity contribution < 1.29 is 13.5 Å². The molecule has 18 heavy (non-hydrogen) atoms. The molecule has 0 bridgehead atoms. The van der Waals surface area contributed by atoms with Crippen molar-refractivity contribution >= 4 is 11.6 Å². The third-order valence-corrected chi connectivity index (χ3v) is 2.76. The molecule has 0 saturated heterocycles. The first kappa shape index (κ1) is 12.8. The van der Waals surface area contributed by atoms with Gasteiger partial charge in [0.1, 0.15) is 24.0 Å². The summed E-state index contributed by atoms with van der Waals surface area (Å²) in [6.45, 7) is -0.0185. The van der Waals surface area contributed by atoms with Crippen molar-refractivity contribution in [2.75, 3.05) is 0 Å². The molecule has 0 amide bonds. The van der Waals surface area contributed by atoms with Crippen LogP contribution in [0.5, 0.6) is 5.75 Å². The summed E-state index contributed by atoms with van der Waals surface area (Å²) in [5.74, 6) is -0.00265.